The Kier molecular flexibility index (Phi) is 2.90. The molecule has 0 bridgehead atoms. The van der Waals surface area contributed by atoms with Crippen molar-refractivity contribution in [1.82, 2.24) is 15.2 Å². The third-order valence-corrected chi connectivity index (χ3v) is 2.82. The first kappa shape index (κ1) is 10.7. The largest absolute Gasteiger partial charge is 0.279 e. The van der Waals surface area contributed by atoms with E-state index in [0.717, 1.165) is 18.5 Å². The zero-order valence-electron chi connectivity index (χ0n) is 9.70. The van der Waals surface area contributed by atoms with E-state index in [4.69, 9.17) is 0 Å². The molecule has 0 atom stereocenters. The lowest BCUT2D eigenvalue weighted by Gasteiger charge is -2.16. The second kappa shape index (κ2) is 4.35. The van der Waals surface area contributed by atoms with Crippen LogP contribution in [-0.4, -0.2) is 16.5 Å². The van der Waals surface area contributed by atoms with Crippen molar-refractivity contribution in [3.8, 4) is 0 Å². The summed E-state index contributed by atoms with van der Waals surface area (Å²) < 4.78 is 1.82. The molecule has 0 fully saturated rings. The van der Waals surface area contributed by atoms with Gasteiger partial charge in [-0.3, -0.25) is 10.1 Å². The molecule has 0 aliphatic heterocycles. The fourth-order valence-corrected chi connectivity index (χ4v) is 1.85. The van der Waals surface area contributed by atoms with Gasteiger partial charge in [0, 0.05) is 25.5 Å². The first-order valence-corrected chi connectivity index (χ1v) is 5.32. The first-order valence-electron chi connectivity index (χ1n) is 5.32. The average Bonchev–Trinajstić information content (AvgIpc) is 2.69. The minimum atomic E-state index is 1.05. The molecule has 0 saturated carbocycles. The van der Waals surface area contributed by atoms with Crippen molar-refractivity contribution < 1.29 is 0 Å². The average molecular weight is 216 g/mol. The van der Waals surface area contributed by atoms with Crippen LogP contribution in [0.15, 0.2) is 34.8 Å². The van der Waals surface area contributed by atoms with Crippen molar-refractivity contribution in [3.05, 3.63) is 35.3 Å². The molecule has 1 aromatic rings. The summed E-state index contributed by atoms with van der Waals surface area (Å²) in [5, 5.41) is 7.91. The van der Waals surface area contributed by atoms with Crippen molar-refractivity contribution in [1.29, 1.82) is 0 Å². The van der Waals surface area contributed by atoms with Crippen LogP contribution in [0.25, 0.3) is 5.57 Å². The van der Waals surface area contributed by atoms with E-state index in [-0.39, 0.29) is 0 Å². The van der Waals surface area contributed by atoms with E-state index < -0.39 is 0 Å². The third kappa shape index (κ3) is 2.05. The van der Waals surface area contributed by atoms with Gasteiger partial charge in [0.2, 0.25) is 0 Å². The maximum absolute atomic E-state index is 4.19. The second-order valence-corrected chi connectivity index (χ2v) is 4.04. The lowest BCUT2D eigenvalue weighted by molar-refractivity contribution is 0.767. The first-order chi connectivity index (χ1) is 7.70. The molecule has 0 saturated heterocycles. The fraction of sp³-hybridized carbons (Fsp3) is 0.333. The van der Waals surface area contributed by atoms with Gasteiger partial charge in [-0.25, -0.2) is 0 Å². The zero-order chi connectivity index (χ0) is 11.5. The van der Waals surface area contributed by atoms with Crippen LogP contribution in [0.3, 0.4) is 0 Å². The lowest BCUT2D eigenvalue weighted by atomic mass is 9.94. The number of hydrogen-bond acceptors (Lipinski definition) is 3. The minimum Gasteiger partial charge on any atom is -0.279 e. The highest BCUT2D eigenvalue weighted by atomic mass is 15.3. The molecule has 0 spiro atoms. The van der Waals surface area contributed by atoms with Crippen molar-refractivity contribution in [3.63, 3.8) is 0 Å². The van der Waals surface area contributed by atoms with E-state index in [2.05, 4.69) is 35.3 Å². The molecule has 4 nitrogen and oxygen atoms in total. The number of nitrogens with one attached hydrogen (secondary N) is 1. The number of hydrogen-bond donors (Lipinski definition) is 1. The molecular formula is C12H16N4. The number of rotatable bonds is 3. The van der Waals surface area contributed by atoms with Gasteiger partial charge in [-0.15, -0.1) is 0 Å². The van der Waals surface area contributed by atoms with Gasteiger partial charge in [0.25, 0.3) is 0 Å². The lowest BCUT2D eigenvalue weighted by Crippen LogP contribution is -2.08. The molecule has 0 amide bonds. The van der Waals surface area contributed by atoms with E-state index in [1.165, 1.54) is 16.7 Å². The van der Waals surface area contributed by atoms with Crippen LogP contribution in [0, 0.1) is 0 Å². The van der Waals surface area contributed by atoms with Crippen molar-refractivity contribution >= 4 is 12.3 Å². The highest BCUT2D eigenvalue weighted by molar-refractivity contribution is 5.69. The van der Waals surface area contributed by atoms with Crippen molar-refractivity contribution in [2.45, 2.75) is 19.8 Å². The Morgan fingerprint density at radius 3 is 2.94 bits per heavy atom. The molecule has 1 heterocycles. The molecule has 1 aliphatic rings. The van der Waals surface area contributed by atoms with Gasteiger partial charge in [0.05, 0.1) is 11.9 Å². The van der Waals surface area contributed by atoms with Crippen LogP contribution in [0.2, 0.25) is 0 Å². The standard InChI is InChI=1S/C12H16N4/c1-9-4-5-10(6-12(9)15-13-2)11-7-14-16(3)8-11/h6-8,15H,2,4-5H2,1,3H3. The number of aryl methyl sites for hydroxylation is 1. The predicted octanol–water partition coefficient (Wildman–Crippen LogP) is 2.08. The molecule has 1 aliphatic carbocycles. The zero-order valence-corrected chi connectivity index (χ0v) is 9.70. The summed E-state index contributed by atoms with van der Waals surface area (Å²) in [5.74, 6) is 0. The van der Waals surface area contributed by atoms with Crippen LogP contribution < -0.4 is 5.43 Å². The quantitative estimate of drug-likeness (QED) is 0.621. The summed E-state index contributed by atoms with van der Waals surface area (Å²) in [7, 11) is 1.93. The molecule has 1 N–H and O–H groups in total. The summed E-state index contributed by atoms with van der Waals surface area (Å²) in [6.07, 6.45) is 8.17. The van der Waals surface area contributed by atoms with Gasteiger partial charge in [-0.1, -0.05) is 0 Å². The molecule has 0 radical (unpaired) electrons. The minimum absolute atomic E-state index is 1.05. The van der Waals surface area contributed by atoms with E-state index in [9.17, 15) is 0 Å². The van der Waals surface area contributed by atoms with Crippen LogP contribution in [-0.2, 0) is 7.05 Å². The highest BCUT2D eigenvalue weighted by Gasteiger charge is 2.12. The van der Waals surface area contributed by atoms with Gasteiger partial charge >= 0.3 is 0 Å². The van der Waals surface area contributed by atoms with Crippen LogP contribution in [0.1, 0.15) is 25.3 Å². The summed E-state index contributed by atoms with van der Waals surface area (Å²) in [5.41, 5.74) is 7.78. The second-order valence-electron chi connectivity index (χ2n) is 4.04. The van der Waals surface area contributed by atoms with Gasteiger partial charge < -0.3 is 0 Å². The summed E-state index contributed by atoms with van der Waals surface area (Å²) in [4.78, 5) is 0. The number of aromatic nitrogens is 2. The van der Waals surface area contributed by atoms with Crippen molar-refractivity contribution in [2.24, 2.45) is 12.1 Å². The van der Waals surface area contributed by atoms with Gasteiger partial charge in [-0.05, 0) is 37.0 Å². The topological polar surface area (TPSA) is 42.2 Å². The van der Waals surface area contributed by atoms with Crippen molar-refractivity contribution in [2.75, 3.05) is 0 Å². The van der Waals surface area contributed by atoms with E-state index in [0.29, 0.717) is 0 Å². The van der Waals surface area contributed by atoms with E-state index >= 15 is 0 Å². The summed E-state index contributed by atoms with van der Waals surface area (Å²) in [6.45, 7) is 5.57. The van der Waals surface area contributed by atoms with E-state index in [1.807, 2.05) is 24.1 Å². The van der Waals surface area contributed by atoms with E-state index in [1.54, 1.807) is 0 Å². The number of allylic oxidation sites excluding steroid dienone is 3. The highest BCUT2D eigenvalue weighted by Crippen LogP contribution is 2.28. The molecule has 0 unspecified atom stereocenters. The monoisotopic (exact) mass is 216 g/mol. The Morgan fingerprint density at radius 2 is 2.31 bits per heavy atom. The van der Waals surface area contributed by atoms with Gasteiger partial charge in [-0.2, -0.15) is 10.2 Å². The molecule has 84 valence electrons. The molecule has 4 heteroatoms. The Balaban J connectivity index is 2.30. The van der Waals surface area contributed by atoms with Crippen LogP contribution >= 0.6 is 0 Å². The molecule has 2 rings (SSSR count). The van der Waals surface area contributed by atoms with Gasteiger partial charge in [0.1, 0.15) is 0 Å². The maximum atomic E-state index is 4.19. The number of hydrazone groups is 1. The predicted molar refractivity (Wildman–Crippen MR) is 65.8 cm³/mol. The molecule has 0 aromatic carbocycles. The Morgan fingerprint density at radius 1 is 1.50 bits per heavy atom. The smallest absolute Gasteiger partial charge is 0.0564 e. The normalized spacial score (nSPS) is 16.0. The van der Waals surface area contributed by atoms with Crippen LogP contribution in [0.4, 0.5) is 0 Å². The third-order valence-electron chi connectivity index (χ3n) is 2.82. The number of nitrogens with zero attached hydrogens (tertiary/aromatic N) is 3. The molecular weight excluding hydrogens is 200 g/mol. The molecule has 1 aromatic heterocycles. The summed E-state index contributed by atoms with van der Waals surface area (Å²) >= 11 is 0. The fourth-order valence-electron chi connectivity index (χ4n) is 1.85. The Labute approximate surface area is 95.4 Å². The maximum Gasteiger partial charge on any atom is 0.0564 e. The Bertz CT molecular complexity index is 465. The van der Waals surface area contributed by atoms with Gasteiger partial charge in [0.15, 0.2) is 0 Å². The SMILES string of the molecule is C=NNC1=C(C)CCC(c2cnn(C)c2)=C1. The summed E-state index contributed by atoms with van der Waals surface area (Å²) in [6, 6.07) is 0. The molecule has 16 heavy (non-hydrogen) atoms. The Hall–Kier alpha value is -1.84. The van der Waals surface area contributed by atoms with Crippen LogP contribution in [0.5, 0.6) is 0 Å².